The molecule has 0 bridgehead atoms. The molecule has 0 heterocycles. The second kappa shape index (κ2) is 5.91. The lowest BCUT2D eigenvalue weighted by Gasteiger charge is -2.20. The predicted octanol–water partition coefficient (Wildman–Crippen LogP) is -2.43. The number of hydrogen-bond donors (Lipinski definition) is 0. The maximum atomic E-state index is 10.3. The topological polar surface area (TPSA) is 136 Å². The van der Waals surface area contributed by atoms with Gasteiger partial charge in [0.2, 0.25) is 20.8 Å². The molecule has 0 aromatic rings. The fourth-order valence-electron chi connectivity index (χ4n) is 0.844. The monoisotopic (exact) mass is 275 g/mol. The van der Waals surface area contributed by atoms with E-state index in [1.165, 1.54) is 19.0 Å². The molecule has 16 heavy (non-hydrogen) atoms. The summed E-state index contributed by atoms with van der Waals surface area (Å²) in [6.45, 7) is -2.20. The highest BCUT2D eigenvalue weighted by molar-refractivity contribution is 7.82. The summed E-state index contributed by atoms with van der Waals surface area (Å²) in [6.07, 6.45) is -0.100. The van der Waals surface area contributed by atoms with E-state index >= 15 is 0 Å². The number of nitrogens with zero attached hydrogens (tertiary/aromatic N) is 1. The average Bonchev–Trinajstić information content (AvgIpc) is 1.94. The zero-order valence-electron chi connectivity index (χ0n) is 8.52. The van der Waals surface area contributed by atoms with E-state index in [1.807, 2.05) is 0 Å². The Labute approximate surface area is 94.4 Å². The Bertz CT molecular complexity index is 402. The van der Waals surface area contributed by atoms with Gasteiger partial charge < -0.3 is 18.1 Å². The second-order valence-corrected chi connectivity index (χ2v) is 5.14. The molecule has 0 spiro atoms. The molecule has 0 saturated carbocycles. The lowest BCUT2D eigenvalue weighted by Crippen LogP contribution is -2.39. The molecule has 0 N–H and O–H groups in total. The van der Waals surface area contributed by atoms with E-state index in [1.54, 1.807) is 0 Å². The largest absolute Gasteiger partial charge is 0.727 e. The van der Waals surface area contributed by atoms with Crippen molar-refractivity contribution in [3.05, 3.63) is 0 Å². The Morgan fingerprint density at radius 3 is 1.94 bits per heavy atom. The third-order valence-corrected chi connectivity index (χ3v) is 2.15. The van der Waals surface area contributed by atoms with Gasteiger partial charge in [-0.2, -0.15) is 0 Å². The lowest BCUT2D eigenvalue weighted by atomic mass is 9.70. The summed E-state index contributed by atoms with van der Waals surface area (Å²) in [5.41, 5.74) is 0. The highest BCUT2D eigenvalue weighted by Crippen LogP contribution is 1.98. The first kappa shape index (κ1) is 15.8. The van der Waals surface area contributed by atoms with Crippen molar-refractivity contribution >= 4 is 27.7 Å². The molecular weight excluding hydrogens is 265 g/mol. The van der Waals surface area contributed by atoms with E-state index in [0.29, 0.717) is 0 Å². The Morgan fingerprint density at radius 2 is 1.62 bits per heavy atom. The minimum Gasteiger partial charge on any atom is -0.727 e. The molecule has 0 rings (SSSR count). The van der Waals surface area contributed by atoms with Crippen LogP contribution in [0.3, 0.4) is 0 Å². The summed E-state index contributed by atoms with van der Waals surface area (Å²) in [6, 6.07) is 0. The molecule has 0 amide bonds. The summed E-state index contributed by atoms with van der Waals surface area (Å²) in [4.78, 5) is 1.43. The highest BCUT2D eigenvalue weighted by Gasteiger charge is 2.22. The van der Waals surface area contributed by atoms with E-state index in [9.17, 15) is 25.9 Å². The zero-order valence-corrected chi connectivity index (χ0v) is 10.2. The molecule has 0 aliphatic rings. The minimum atomic E-state index is -4.99. The molecule has 9 nitrogen and oxygen atoms in total. The van der Waals surface area contributed by atoms with Crippen LogP contribution in [0.5, 0.6) is 0 Å². The average molecular weight is 275 g/mol. The van der Waals surface area contributed by atoms with Gasteiger partial charge in [0.25, 0.3) is 0 Å². The Balaban J connectivity index is 4.44. The van der Waals surface area contributed by atoms with Crippen molar-refractivity contribution in [1.82, 2.24) is 4.90 Å². The van der Waals surface area contributed by atoms with Crippen molar-refractivity contribution in [3.63, 3.8) is 0 Å². The molecule has 0 aliphatic carbocycles. The molecule has 12 heteroatoms. The highest BCUT2D eigenvalue weighted by atomic mass is 32.3. The van der Waals surface area contributed by atoms with Crippen molar-refractivity contribution < 1.29 is 34.2 Å². The van der Waals surface area contributed by atoms with Crippen LogP contribution in [0.4, 0.5) is 0 Å². The van der Waals surface area contributed by atoms with E-state index < -0.39 is 34.2 Å². The van der Waals surface area contributed by atoms with Gasteiger partial charge in [0.05, 0.1) is 6.51 Å². The summed E-state index contributed by atoms with van der Waals surface area (Å²) in [5, 5.41) is 0. The van der Waals surface area contributed by atoms with Gasteiger partial charge in [0.1, 0.15) is 0 Å². The van der Waals surface area contributed by atoms with Gasteiger partial charge in [-0.05, 0) is 14.1 Å². The molecule has 0 aromatic carbocycles. The van der Waals surface area contributed by atoms with Crippen LogP contribution in [0.2, 0.25) is 0 Å². The Kier molecular flexibility index (Phi) is 5.82. The predicted molar refractivity (Wildman–Crippen MR) is 50.7 cm³/mol. The lowest BCUT2D eigenvalue weighted by molar-refractivity contribution is 0.279. The van der Waals surface area contributed by atoms with Crippen molar-refractivity contribution in [2.75, 3.05) is 27.0 Å². The van der Waals surface area contributed by atoms with Crippen LogP contribution >= 0.6 is 0 Å². The maximum Gasteiger partial charge on any atom is 0.358 e. The fourth-order valence-corrected chi connectivity index (χ4v) is 1.61. The third-order valence-electron chi connectivity index (χ3n) is 1.22. The van der Waals surface area contributed by atoms with E-state index in [0.717, 1.165) is 0 Å². The fraction of sp³-hybridized carbons (Fsp3) is 1.00. The van der Waals surface area contributed by atoms with Gasteiger partial charge in [0, 0.05) is 6.44 Å². The SMILES string of the molecule is CN(C)CB(COS(=O)(=O)[O-])OS(=O)(=O)[O-]. The quantitative estimate of drug-likeness (QED) is 0.282. The van der Waals surface area contributed by atoms with Crippen LogP contribution in [-0.4, -0.2) is 64.8 Å². The van der Waals surface area contributed by atoms with Crippen LogP contribution in [0.25, 0.3) is 0 Å². The normalized spacial score (nSPS) is 13.1. The van der Waals surface area contributed by atoms with Crippen LogP contribution in [0.15, 0.2) is 0 Å². The van der Waals surface area contributed by atoms with Crippen molar-refractivity contribution in [1.29, 1.82) is 0 Å². The first-order chi connectivity index (χ1) is 6.99. The molecule has 0 fully saturated rings. The summed E-state index contributed by atoms with van der Waals surface area (Å²) >= 11 is 0. The maximum absolute atomic E-state index is 10.3. The van der Waals surface area contributed by atoms with Crippen LogP contribution in [0, 0.1) is 0 Å². The summed E-state index contributed by atoms with van der Waals surface area (Å²) in [5.74, 6) is 0. The molecule has 0 atom stereocenters. The van der Waals surface area contributed by atoms with Crippen molar-refractivity contribution in [3.8, 4) is 0 Å². The molecular formula is C4H10BNO8S2-2. The molecule has 0 saturated heterocycles. The van der Waals surface area contributed by atoms with Gasteiger partial charge in [-0.25, -0.2) is 16.8 Å². The number of rotatable bonds is 7. The second-order valence-electron chi connectivity index (χ2n) is 3.08. The van der Waals surface area contributed by atoms with Gasteiger partial charge >= 0.3 is 6.92 Å². The summed E-state index contributed by atoms with van der Waals surface area (Å²) in [7, 11) is -6.89. The Hall–Kier alpha value is -0.235. The van der Waals surface area contributed by atoms with E-state index in [4.69, 9.17) is 0 Å². The zero-order chi connectivity index (χ0) is 13.0. The van der Waals surface area contributed by atoms with Crippen molar-refractivity contribution in [2.24, 2.45) is 0 Å². The molecule has 96 valence electrons. The van der Waals surface area contributed by atoms with Gasteiger partial charge in [-0.3, -0.25) is 4.18 Å². The molecule has 0 aliphatic heterocycles. The van der Waals surface area contributed by atoms with E-state index in [2.05, 4.69) is 8.28 Å². The van der Waals surface area contributed by atoms with Crippen molar-refractivity contribution in [2.45, 2.75) is 0 Å². The summed E-state index contributed by atoms with van der Waals surface area (Å²) < 4.78 is 68.9. The number of hydrogen-bond acceptors (Lipinski definition) is 9. The molecule has 0 unspecified atom stereocenters. The first-order valence-electron chi connectivity index (χ1n) is 3.88. The van der Waals surface area contributed by atoms with Gasteiger partial charge in [-0.1, -0.05) is 0 Å². The van der Waals surface area contributed by atoms with E-state index in [-0.39, 0.29) is 6.44 Å². The van der Waals surface area contributed by atoms with Crippen LogP contribution in [-0.2, 0) is 29.1 Å². The minimum absolute atomic E-state index is 0.100. The van der Waals surface area contributed by atoms with Gasteiger partial charge in [-0.15, -0.1) is 0 Å². The Morgan fingerprint density at radius 1 is 1.12 bits per heavy atom. The smallest absolute Gasteiger partial charge is 0.358 e. The third kappa shape index (κ3) is 10.3. The molecule has 0 radical (unpaired) electrons. The van der Waals surface area contributed by atoms with Gasteiger partial charge in [0.15, 0.2) is 0 Å². The standard InChI is InChI=1S/C4H12BNO8S2/c1-6(2)3-5(14-16(10,11)12)4-13-15(7,8)9/h3-4H2,1-2H3,(H,7,8,9)(H,10,11,12)/p-2. The van der Waals surface area contributed by atoms with Crippen LogP contribution in [0.1, 0.15) is 0 Å². The molecule has 0 aromatic heterocycles. The van der Waals surface area contributed by atoms with Crippen LogP contribution < -0.4 is 0 Å². The first-order valence-corrected chi connectivity index (χ1v) is 6.55.